The molecule has 0 bridgehead atoms. The van der Waals surface area contributed by atoms with Gasteiger partial charge in [-0.2, -0.15) is 0 Å². The third-order valence-electron chi connectivity index (χ3n) is 2.76. The number of aliphatic hydroxyl groups is 1. The molecule has 1 heterocycles. The van der Waals surface area contributed by atoms with Crippen LogP contribution in [0.25, 0.3) is 0 Å². The average Bonchev–Trinajstić information content (AvgIpc) is 2.61. The summed E-state index contributed by atoms with van der Waals surface area (Å²) in [6.07, 6.45) is 0.229. The summed E-state index contributed by atoms with van der Waals surface area (Å²) in [4.78, 5) is 1.73. The lowest BCUT2D eigenvalue weighted by Crippen LogP contribution is -2.31. The van der Waals surface area contributed by atoms with E-state index in [4.69, 9.17) is 2.74 Å². The predicted octanol–water partition coefficient (Wildman–Crippen LogP) is 1.64. The van der Waals surface area contributed by atoms with Gasteiger partial charge in [-0.1, -0.05) is 30.3 Å². The van der Waals surface area contributed by atoms with Crippen LogP contribution in [-0.4, -0.2) is 28.7 Å². The highest BCUT2D eigenvalue weighted by atomic mass is 16.3. The van der Waals surface area contributed by atoms with Gasteiger partial charge in [0.15, 0.2) is 0 Å². The molecule has 0 radical (unpaired) electrons. The van der Waals surface area contributed by atoms with Crippen molar-refractivity contribution in [3.63, 3.8) is 0 Å². The summed E-state index contributed by atoms with van der Waals surface area (Å²) in [5, 5.41) is 9.67. The summed E-state index contributed by atoms with van der Waals surface area (Å²) in [6.45, 7) is 0.973. The minimum Gasteiger partial charge on any atom is -0.391 e. The maximum absolute atomic E-state index is 9.67. The Morgan fingerprint density at radius 3 is 2.79 bits per heavy atom. The molecule has 2 atom stereocenters. The summed E-state index contributed by atoms with van der Waals surface area (Å²) >= 11 is 0. The Labute approximate surface area is 88.0 Å². The number of hydrogen-bond donors (Lipinski definition) is 1. The van der Waals surface area contributed by atoms with Gasteiger partial charge in [-0.25, -0.2) is 0 Å². The van der Waals surface area contributed by atoms with Gasteiger partial charge in [0.1, 0.15) is 0 Å². The van der Waals surface area contributed by atoms with E-state index in [2.05, 4.69) is 0 Å². The topological polar surface area (TPSA) is 23.5 Å². The van der Waals surface area contributed by atoms with Gasteiger partial charge < -0.3 is 5.11 Å². The molecule has 1 saturated heterocycles. The van der Waals surface area contributed by atoms with Crippen LogP contribution < -0.4 is 0 Å². The summed E-state index contributed by atoms with van der Waals surface area (Å²) in [6, 6.07) is 9.00. The van der Waals surface area contributed by atoms with Crippen LogP contribution in [0.3, 0.4) is 0 Å². The Morgan fingerprint density at radius 1 is 1.50 bits per heavy atom. The van der Waals surface area contributed by atoms with Crippen molar-refractivity contribution in [2.24, 2.45) is 0 Å². The molecule has 1 aliphatic heterocycles. The molecule has 2 heteroatoms. The number of nitrogens with zero attached hydrogens (tertiary/aromatic N) is 1. The molecule has 0 unspecified atom stereocenters. The number of aliphatic hydroxyl groups excluding tert-OH is 1. The molecule has 1 aliphatic rings. The van der Waals surface area contributed by atoms with Crippen molar-refractivity contribution < 1.29 is 7.85 Å². The third kappa shape index (κ3) is 1.97. The fraction of sp³-hybridized carbons (Fsp3) is 0.500. The molecule has 0 aromatic heterocycles. The normalized spacial score (nSPS) is 31.3. The van der Waals surface area contributed by atoms with Crippen molar-refractivity contribution in [3.8, 4) is 0 Å². The second kappa shape index (κ2) is 4.11. The largest absolute Gasteiger partial charge is 0.391 e. The maximum atomic E-state index is 9.67. The lowest BCUT2D eigenvalue weighted by molar-refractivity contribution is 0.123. The van der Waals surface area contributed by atoms with E-state index in [1.165, 1.54) is 0 Å². The quantitative estimate of drug-likeness (QED) is 0.772. The van der Waals surface area contributed by atoms with Crippen LogP contribution in [0, 0.1) is 0 Å². The first-order valence-electron chi connectivity index (χ1n) is 6.04. The molecule has 0 amide bonds. The second-order valence-electron chi connectivity index (χ2n) is 3.77. The highest BCUT2D eigenvalue weighted by Crippen LogP contribution is 2.19. The molecule has 1 N–H and O–H groups in total. The Kier molecular flexibility index (Phi) is 2.18. The van der Waals surface area contributed by atoms with E-state index in [1.807, 2.05) is 25.1 Å². The highest BCUT2D eigenvalue weighted by Gasteiger charge is 2.28. The molecule has 2 nitrogen and oxygen atoms in total. The number of likely N-dealkylation sites (tertiary alicyclic amines) is 1. The molecular weight excluding hydrogens is 174 g/mol. The molecule has 1 aromatic carbocycles. The molecule has 1 fully saturated rings. The fourth-order valence-electron chi connectivity index (χ4n) is 1.76. The van der Waals surface area contributed by atoms with Crippen LogP contribution in [0.4, 0.5) is 0 Å². The monoisotopic (exact) mass is 193 g/mol. The van der Waals surface area contributed by atoms with Gasteiger partial charge in [0.2, 0.25) is 0 Å². The summed E-state index contributed by atoms with van der Waals surface area (Å²) in [5.74, 6) is 0. The van der Waals surface area contributed by atoms with Crippen molar-refractivity contribution in [2.45, 2.75) is 32.0 Å². The van der Waals surface area contributed by atoms with Gasteiger partial charge in [-0.3, -0.25) is 4.90 Å². The summed E-state index contributed by atoms with van der Waals surface area (Å²) in [5.41, 5.74) is 0.649. The van der Waals surface area contributed by atoms with Crippen LogP contribution in [-0.2, 0) is 6.50 Å². The van der Waals surface area contributed by atoms with Gasteiger partial charge >= 0.3 is 0 Å². The molecule has 0 aliphatic carbocycles. The Hall–Kier alpha value is -0.860. The highest BCUT2D eigenvalue weighted by molar-refractivity contribution is 5.14. The van der Waals surface area contributed by atoms with E-state index >= 15 is 0 Å². The second-order valence-corrected chi connectivity index (χ2v) is 3.77. The third-order valence-corrected chi connectivity index (χ3v) is 2.76. The molecule has 2 rings (SSSR count). The van der Waals surface area contributed by atoms with Gasteiger partial charge in [-0.05, 0) is 18.9 Å². The first kappa shape index (κ1) is 7.43. The maximum Gasteiger partial charge on any atom is 0.0705 e. The van der Waals surface area contributed by atoms with Crippen molar-refractivity contribution in [3.05, 3.63) is 35.9 Å². The Balaban J connectivity index is 2.26. The van der Waals surface area contributed by atoms with Gasteiger partial charge in [0, 0.05) is 21.8 Å². The number of benzene rings is 1. The zero-order valence-corrected chi connectivity index (χ0v) is 8.35. The van der Waals surface area contributed by atoms with Crippen LogP contribution in [0.15, 0.2) is 30.3 Å². The van der Waals surface area contributed by atoms with E-state index in [-0.39, 0.29) is 6.04 Å². The average molecular weight is 193 g/mol. The standard InChI is InChI=1S/C12H17NO/c1-10-12(14)7-8-13(10)9-11-5-3-2-4-6-11/h2-6,10,12,14H,7-9H2,1H3/t10-,12+/m1/s1/i9D2. The summed E-state index contributed by atoms with van der Waals surface area (Å²) in [7, 11) is 0. The van der Waals surface area contributed by atoms with Crippen molar-refractivity contribution in [1.82, 2.24) is 4.90 Å². The molecular formula is C12H17NO. The number of hydrogen-bond acceptors (Lipinski definition) is 2. The van der Waals surface area contributed by atoms with Gasteiger partial charge in [0.05, 0.1) is 6.10 Å². The minimum absolute atomic E-state index is 0.129. The predicted molar refractivity (Wildman–Crippen MR) is 56.9 cm³/mol. The van der Waals surface area contributed by atoms with Crippen molar-refractivity contribution >= 4 is 0 Å². The molecule has 0 saturated carbocycles. The van der Waals surface area contributed by atoms with E-state index in [0.29, 0.717) is 18.5 Å². The molecule has 0 spiro atoms. The zero-order valence-electron chi connectivity index (χ0n) is 10.4. The fourth-order valence-corrected chi connectivity index (χ4v) is 1.76. The van der Waals surface area contributed by atoms with Crippen LogP contribution in [0.2, 0.25) is 0 Å². The molecule has 1 aromatic rings. The van der Waals surface area contributed by atoms with Gasteiger partial charge in [-0.15, -0.1) is 0 Å². The van der Waals surface area contributed by atoms with E-state index in [1.54, 1.807) is 17.0 Å². The van der Waals surface area contributed by atoms with E-state index < -0.39 is 12.6 Å². The molecule has 14 heavy (non-hydrogen) atoms. The van der Waals surface area contributed by atoms with Crippen molar-refractivity contribution in [2.75, 3.05) is 6.54 Å². The first-order valence-corrected chi connectivity index (χ1v) is 5.04. The van der Waals surface area contributed by atoms with Gasteiger partial charge in [0.25, 0.3) is 0 Å². The Bertz CT molecular complexity index is 355. The Morgan fingerprint density at radius 2 is 2.21 bits per heavy atom. The first-order chi connectivity index (χ1) is 7.53. The van der Waals surface area contributed by atoms with E-state index in [9.17, 15) is 5.11 Å². The smallest absolute Gasteiger partial charge is 0.0705 e. The number of rotatable bonds is 2. The SMILES string of the molecule is [2H]C([2H])(c1ccccc1)N1CC[C@H](O)[C@H]1C. The molecule has 76 valence electrons. The van der Waals surface area contributed by atoms with Crippen LogP contribution in [0.1, 0.15) is 21.6 Å². The lowest BCUT2D eigenvalue weighted by atomic mass is 10.2. The van der Waals surface area contributed by atoms with Crippen LogP contribution >= 0.6 is 0 Å². The minimum atomic E-state index is -1.50. The van der Waals surface area contributed by atoms with E-state index in [0.717, 1.165) is 0 Å². The lowest BCUT2D eigenvalue weighted by Gasteiger charge is -2.22. The zero-order chi connectivity index (χ0) is 11.8. The van der Waals surface area contributed by atoms with Crippen LogP contribution in [0.5, 0.6) is 0 Å². The van der Waals surface area contributed by atoms with Crippen molar-refractivity contribution in [1.29, 1.82) is 0 Å². The summed E-state index contributed by atoms with van der Waals surface area (Å²) < 4.78 is 16.3.